The normalized spacial score (nSPS) is 10.9. The average Bonchev–Trinajstić information content (AvgIpc) is 2.75. The van der Waals surface area contributed by atoms with Crippen molar-refractivity contribution in [2.24, 2.45) is 5.73 Å². The molecule has 0 aliphatic heterocycles. The van der Waals surface area contributed by atoms with Crippen LogP contribution in [0.2, 0.25) is 0 Å². The van der Waals surface area contributed by atoms with Crippen molar-refractivity contribution >= 4 is 5.97 Å². The first-order valence-corrected chi connectivity index (χ1v) is 13.8. The van der Waals surface area contributed by atoms with E-state index in [4.69, 9.17) is 10.8 Å². The van der Waals surface area contributed by atoms with Crippen molar-refractivity contribution in [1.82, 2.24) is 4.90 Å². The van der Waals surface area contributed by atoms with Crippen LogP contribution >= 0.6 is 0 Å². The summed E-state index contributed by atoms with van der Waals surface area (Å²) in [6.45, 7) is 11.2. The van der Waals surface area contributed by atoms with Crippen LogP contribution in [-0.2, 0) is 4.79 Å². The van der Waals surface area contributed by atoms with E-state index in [1.165, 1.54) is 116 Å². The minimum Gasteiger partial charge on any atom is -0.481 e. The Morgan fingerprint density at radius 3 is 1.29 bits per heavy atom. The van der Waals surface area contributed by atoms with Gasteiger partial charge in [0.25, 0.3) is 0 Å². The SMILES string of the molecule is CCCCCCCCCCCCCCCCCC(=O)O.CCCN(CCC)CCCN. The van der Waals surface area contributed by atoms with E-state index in [0.29, 0.717) is 6.42 Å². The lowest BCUT2D eigenvalue weighted by atomic mass is 10.0. The molecule has 0 aromatic rings. The summed E-state index contributed by atoms with van der Waals surface area (Å²) in [4.78, 5) is 12.8. The molecule has 4 heteroatoms. The van der Waals surface area contributed by atoms with Crippen molar-refractivity contribution < 1.29 is 9.90 Å². The summed E-state index contributed by atoms with van der Waals surface area (Å²) in [7, 11) is 0. The predicted molar refractivity (Wildman–Crippen MR) is 138 cm³/mol. The number of unbranched alkanes of at least 4 members (excludes halogenated alkanes) is 14. The summed E-state index contributed by atoms with van der Waals surface area (Å²) < 4.78 is 0. The second-order valence-electron chi connectivity index (χ2n) is 9.08. The molecule has 0 bridgehead atoms. The summed E-state index contributed by atoms with van der Waals surface area (Å²) >= 11 is 0. The van der Waals surface area contributed by atoms with Gasteiger partial charge in [0.15, 0.2) is 0 Å². The Morgan fingerprint density at radius 1 is 0.581 bits per heavy atom. The molecule has 0 aliphatic carbocycles. The fourth-order valence-corrected chi connectivity index (χ4v) is 3.93. The highest BCUT2D eigenvalue weighted by atomic mass is 16.4. The Hall–Kier alpha value is -0.610. The second-order valence-corrected chi connectivity index (χ2v) is 9.08. The van der Waals surface area contributed by atoms with Crippen molar-refractivity contribution in [1.29, 1.82) is 0 Å². The molecule has 0 unspecified atom stereocenters. The van der Waals surface area contributed by atoms with Gasteiger partial charge < -0.3 is 15.7 Å². The maximum absolute atomic E-state index is 10.3. The number of aliphatic carboxylic acids is 1. The minimum atomic E-state index is -0.653. The minimum absolute atomic E-state index is 0.345. The first-order chi connectivity index (χ1) is 15.1. The monoisotopic (exact) mass is 442 g/mol. The summed E-state index contributed by atoms with van der Waals surface area (Å²) in [5.74, 6) is -0.653. The van der Waals surface area contributed by atoms with Gasteiger partial charge in [-0.05, 0) is 51.9 Å². The quantitative estimate of drug-likeness (QED) is 0.158. The first kappa shape index (κ1) is 32.6. The molecule has 0 amide bonds. The number of carboxylic acids is 1. The van der Waals surface area contributed by atoms with E-state index in [-0.39, 0.29) is 0 Å². The van der Waals surface area contributed by atoms with Crippen LogP contribution in [0.15, 0.2) is 0 Å². The number of carboxylic acid groups (broad SMARTS) is 1. The van der Waals surface area contributed by atoms with Gasteiger partial charge >= 0.3 is 5.97 Å². The van der Waals surface area contributed by atoms with Crippen LogP contribution in [0, 0.1) is 0 Å². The molecular formula is C27H58N2O2. The second kappa shape index (κ2) is 29.4. The molecule has 3 N–H and O–H groups in total. The molecule has 0 saturated heterocycles. The van der Waals surface area contributed by atoms with E-state index in [2.05, 4.69) is 25.7 Å². The van der Waals surface area contributed by atoms with Crippen LogP contribution in [0.25, 0.3) is 0 Å². The molecule has 0 spiro atoms. The van der Waals surface area contributed by atoms with Crippen molar-refractivity contribution in [3.05, 3.63) is 0 Å². The van der Waals surface area contributed by atoms with E-state index in [0.717, 1.165) is 25.8 Å². The Morgan fingerprint density at radius 2 is 0.968 bits per heavy atom. The summed E-state index contributed by atoms with van der Waals surface area (Å²) in [5.41, 5.74) is 5.44. The third-order valence-electron chi connectivity index (χ3n) is 5.75. The van der Waals surface area contributed by atoms with E-state index >= 15 is 0 Å². The lowest BCUT2D eigenvalue weighted by Crippen LogP contribution is -2.27. The lowest BCUT2D eigenvalue weighted by Gasteiger charge is -2.19. The number of carbonyl (C=O) groups is 1. The highest BCUT2D eigenvalue weighted by molar-refractivity contribution is 5.66. The van der Waals surface area contributed by atoms with Gasteiger partial charge in [0.1, 0.15) is 0 Å². The van der Waals surface area contributed by atoms with Crippen LogP contribution in [0.4, 0.5) is 0 Å². The van der Waals surface area contributed by atoms with E-state index in [9.17, 15) is 4.79 Å². The predicted octanol–water partition coefficient (Wildman–Crippen LogP) is 7.79. The molecule has 0 radical (unpaired) electrons. The van der Waals surface area contributed by atoms with Crippen molar-refractivity contribution in [2.45, 2.75) is 143 Å². The highest BCUT2D eigenvalue weighted by Crippen LogP contribution is 2.13. The average molecular weight is 443 g/mol. The Kier molecular flexibility index (Phi) is 30.9. The fourth-order valence-electron chi connectivity index (χ4n) is 3.93. The van der Waals surface area contributed by atoms with E-state index < -0.39 is 5.97 Å². The molecule has 188 valence electrons. The van der Waals surface area contributed by atoms with Crippen LogP contribution < -0.4 is 5.73 Å². The number of nitrogens with two attached hydrogens (primary N) is 1. The van der Waals surface area contributed by atoms with Crippen molar-refractivity contribution in [3.63, 3.8) is 0 Å². The molecular weight excluding hydrogens is 384 g/mol. The molecule has 31 heavy (non-hydrogen) atoms. The number of rotatable bonds is 23. The summed E-state index contributed by atoms with van der Waals surface area (Å²) in [6.07, 6.45) is 23.8. The van der Waals surface area contributed by atoms with Gasteiger partial charge in [-0.3, -0.25) is 4.79 Å². The zero-order valence-corrected chi connectivity index (χ0v) is 21.6. The maximum atomic E-state index is 10.3. The Bertz CT molecular complexity index is 331. The van der Waals surface area contributed by atoms with E-state index in [1.54, 1.807) is 0 Å². The molecule has 0 rings (SSSR count). The molecule has 0 fully saturated rings. The summed E-state index contributed by atoms with van der Waals surface area (Å²) in [5, 5.41) is 8.52. The van der Waals surface area contributed by atoms with Crippen LogP contribution in [0.5, 0.6) is 0 Å². The molecule has 4 nitrogen and oxygen atoms in total. The first-order valence-electron chi connectivity index (χ1n) is 13.8. The molecule has 0 heterocycles. The van der Waals surface area contributed by atoms with E-state index in [1.807, 2.05) is 0 Å². The maximum Gasteiger partial charge on any atom is 0.303 e. The van der Waals surface area contributed by atoms with Gasteiger partial charge in [0, 0.05) is 6.42 Å². The van der Waals surface area contributed by atoms with Gasteiger partial charge in [-0.1, -0.05) is 111 Å². The van der Waals surface area contributed by atoms with Gasteiger partial charge in [0.2, 0.25) is 0 Å². The summed E-state index contributed by atoms with van der Waals surface area (Å²) in [6, 6.07) is 0. The van der Waals surface area contributed by atoms with Gasteiger partial charge in [-0.25, -0.2) is 0 Å². The highest BCUT2D eigenvalue weighted by Gasteiger charge is 2.00. The third-order valence-corrected chi connectivity index (χ3v) is 5.75. The Labute approximate surface area is 195 Å². The van der Waals surface area contributed by atoms with Gasteiger partial charge in [-0.2, -0.15) is 0 Å². The molecule has 0 aromatic heterocycles. The van der Waals surface area contributed by atoms with Crippen molar-refractivity contribution in [2.75, 3.05) is 26.2 Å². The van der Waals surface area contributed by atoms with Crippen LogP contribution in [0.3, 0.4) is 0 Å². The van der Waals surface area contributed by atoms with Crippen molar-refractivity contribution in [3.8, 4) is 0 Å². The Balaban J connectivity index is 0. The smallest absolute Gasteiger partial charge is 0.303 e. The molecule has 0 aliphatic rings. The van der Waals surface area contributed by atoms with Crippen LogP contribution in [-0.4, -0.2) is 42.2 Å². The van der Waals surface area contributed by atoms with Gasteiger partial charge in [-0.15, -0.1) is 0 Å². The molecule has 0 aromatic carbocycles. The number of nitrogens with zero attached hydrogens (tertiary/aromatic N) is 1. The fraction of sp³-hybridized carbons (Fsp3) is 0.963. The zero-order valence-electron chi connectivity index (χ0n) is 21.6. The third kappa shape index (κ3) is 31.7. The largest absolute Gasteiger partial charge is 0.481 e. The van der Waals surface area contributed by atoms with Crippen LogP contribution in [0.1, 0.15) is 143 Å². The lowest BCUT2D eigenvalue weighted by molar-refractivity contribution is -0.137. The number of hydrogen-bond donors (Lipinski definition) is 2. The zero-order chi connectivity index (χ0) is 23.4. The standard InChI is InChI=1S/C18H36O2.C9H22N2/c1-2-3-4-5-6-7-8-9-10-11-12-13-14-15-16-17-18(19)20;1-3-7-11(8-4-2)9-5-6-10/h2-17H2,1H3,(H,19,20);3-10H2,1-2H3. The molecule has 0 saturated carbocycles. The molecule has 0 atom stereocenters. The topological polar surface area (TPSA) is 66.6 Å². The number of hydrogen-bond acceptors (Lipinski definition) is 3. The van der Waals surface area contributed by atoms with Gasteiger partial charge in [0.05, 0.1) is 0 Å².